The van der Waals surface area contributed by atoms with E-state index in [2.05, 4.69) is 23.6 Å². The van der Waals surface area contributed by atoms with Crippen LogP contribution in [0.4, 0.5) is 4.79 Å². The lowest BCUT2D eigenvalue weighted by Crippen LogP contribution is -2.68. The number of amides is 2. The molecule has 3 aliphatic rings. The first kappa shape index (κ1) is 15.8. The Balaban J connectivity index is 1.36. The van der Waals surface area contributed by atoms with Gasteiger partial charge < -0.3 is 20.1 Å². The number of hydrogen-bond acceptors (Lipinski definition) is 3. The predicted molar refractivity (Wildman–Crippen MR) is 91.2 cm³/mol. The van der Waals surface area contributed by atoms with Crippen LogP contribution < -0.4 is 15.4 Å². The third kappa shape index (κ3) is 2.46. The molecule has 5 heteroatoms. The van der Waals surface area contributed by atoms with Crippen LogP contribution in [0.15, 0.2) is 18.2 Å². The summed E-state index contributed by atoms with van der Waals surface area (Å²) in [7, 11) is 0. The van der Waals surface area contributed by atoms with E-state index in [0.29, 0.717) is 12.7 Å². The van der Waals surface area contributed by atoms with Crippen LogP contribution in [0.25, 0.3) is 0 Å². The van der Waals surface area contributed by atoms with Gasteiger partial charge in [0.2, 0.25) is 0 Å². The van der Waals surface area contributed by atoms with Gasteiger partial charge in [-0.1, -0.05) is 24.1 Å². The van der Waals surface area contributed by atoms with Gasteiger partial charge >= 0.3 is 6.03 Å². The molecule has 0 saturated heterocycles. The van der Waals surface area contributed by atoms with Gasteiger partial charge in [0, 0.05) is 23.6 Å². The summed E-state index contributed by atoms with van der Waals surface area (Å²) in [5.41, 5.74) is 2.44. The molecule has 1 aliphatic heterocycles. The van der Waals surface area contributed by atoms with Crippen molar-refractivity contribution in [1.29, 1.82) is 0 Å². The van der Waals surface area contributed by atoms with Crippen molar-refractivity contribution >= 4 is 6.03 Å². The molecule has 1 spiro atoms. The summed E-state index contributed by atoms with van der Waals surface area (Å²) in [5, 5.41) is 6.26. The van der Waals surface area contributed by atoms with E-state index in [4.69, 9.17) is 9.47 Å². The lowest BCUT2D eigenvalue weighted by Gasteiger charge is -2.60. The Morgan fingerprint density at radius 2 is 2.21 bits per heavy atom. The van der Waals surface area contributed by atoms with Crippen molar-refractivity contribution in [2.45, 2.75) is 57.7 Å². The number of benzene rings is 1. The number of carbonyl (C=O) groups excluding carboxylic acids is 1. The first-order valence-electron chi connectivity index (χ1n) is 9.04. The summed E-state index contributed by atoms with van der Waals surface area (Å²) in [6.45, 7) is 5.35. The Hall–Kier alpha value is -1.75. The van der Waals surface area contributed by atoms with Gasteiger partial charge in [-0.25, -0.2) is 4.79 Å². The van der Waals surface area contributed by atoms with Crippen molar-refractivity contribution < 1.29 is 14.3 Å². The molecule has 3 unspecified atom stereocenters. The Kier molecular flexibility index (Phi) is 3.91. The molecule has 2 N–H and O–H groups in total. The summed E-state index contributed by atoms with van der Waals surface area (Å²) in [6.07, 6.45) is 4.82. The molecule has 1 aromatic carbocycles. The van der Waals surface area contributed by atoms with Crippen LogP contribution in [-0.4, -0.2) is 31.4 Å². The zero-order chi connectivity index (χ0) is 16.7. The van der Waals surface area contributed by atoms with Crippen LogP contribution in [0.1, 0.15) is 49.8 Å². The molecule has 2 saturated carbocycles. The van der Waals surface area contributed by atoms with E-state index < -0.39 is 0 Å². The van der Waals surface area contributed by atoms with E-state index in [9.17, 15) is 4.79 Å². The maximum Gasteiger partial charge on any atom is 0.315 e. The van der Waals surface area contributed by atoms with E-state index in [-0.39, 0.29) is 23.5 Å². The van der Waals surface area contributed by atoms with Gasteiger partial charge in [-0.3, -0.25) is 0 Å². The molecule has 4 rings (SSSR count). The Labute approximate surface area is 143 Å². The summed E-state index contributed by atoms with van der Waals surface area (Å²) in [5.74, 6) is 0.876. The minimum absolute atomic E-state index is 0.0694. The molecule has 1 aromatic rings. The second-order valence-corrected chi connectivity index (χ2v) is 7.34. The molecule has 1 heterocycles. The van der Waals surface area contributed by atoms with Gasteiger partial charge in [-0.15, -0.1) is 0 Å². The first-order valence-corrected chi connectivity index (χ1v) is 9.04. The smallest absolute Gasteiger partial charge is 0.315 e. The zero-order valence-corrected chi connectivity index (χ0v) is 14.4. The van der Waals surface area contributed by atoms with Crippen molar-refractivity contribution in [3.05, 3.63) is 29.3 Å². The molecule has 0 bridgehead atoms. The van der Waals surface area contributed by atoms with E-state index in [1.807, 2.05) is 19.1 Å². The lowest BCUT2D eigenvalue weighted by atomic mass is 9.51. The maximum atomic E-state index is 12.5. The second kappa shape index (κ2) is 5.96. The quantitative estimate of drug-likeness (QED) is 0.892. The van der Waals surface area contributed by atoms with Crippen molar-refractivity contribution in [3.8, 4) is 5.75 Å². The van der Waals surface area contributed by atoms with E-state index in [1.165, 1.54) is 12.0 Å². The molecule has 0 aromatic heterocycles. The van der Waals surface area contributed by atoms with E-state index in [1.54, 1.807) is 0 Å². The summed E-state index contributed by atoms with van der Waals surface area (Å²) in [6, 6.07) is 6.18. The highest BCUT2D eigenvalue weighted by Crippen LogP contribution is 2.57. The monoisotopic (exact) mass is 330 g/mol. The van der Waals surface area contributed by atoms with Crippen LogP contribution in [0, 0.1) is 12.3 Å². The number of rotatable bonds is 4. The lowest BCUT2D eigenvalue weighted by molar-refractivity contribution is -0.169. The highest BCUT2D eigenvalue weighted by atomic mass is 16.5. The number of aryl methyl sites for hydroxylation is 1. The van der Waals surface area contributed by atoms with Gasteiger partial charge in [-0.2, -0.15) is 0 Å². The molecule has 0 radical (unpaired) electrons. The molecule has 130 valence electrons. The predicted octanol–water partition coefficient (Wildman–Crippen LogP) is 3.08. The highest BCUT2D eigenvalue weighted by Gasteiger charge is 2.59. The van der Waals surface area contributed by atoms with Crippen LogP contribution in [-0.2, 0) is 4.74 Å². The molecule has 2 amide bonds. The van der Waals surface area contributed by atoms with E-state index >= 15 is 0 Å². The number of hydrogen-bond donors (Lipinski definition) is 2. The van der Waals surface area contributed by atoms with Crippen LogP contribution in [0.2, 0.25) is 0 Å². The Bertz CT molecular complexity index is 641. The van der Waals surface area contributed by atoms with Gasteiger partial charge in [0.15, 0.2) is 0 Å². The Morgan fingerprint density at radius 3 is 2.92 bits per heavy atom. The molecule has 5 nitrogen and oxygen atoms in total. The van der Waals surface area contributed by atoms with Crippen LogP contribution in [0.3, 0.4) is 0 Å². The third-order valence-corrected chi connectivity index (χ3v) is 5.99. The van der Waals surface area contributed by atoms with Gasteiger partial charge in [0.1, 0.15) is 12.4 Å². The standard InChI is InChI=1S/C19H26N2O3/c1-3-23-17-10-16(19(17)7-4-8-19)21-18(22)20-14-11-24-15-6-5-12(2)9-13(14)15/h5-6,9,14,16-17H,3-4,7-8,10-11H2,1-2H3,(H2,20,21,22). The minimum Gasteiger partial charge on any atom is -0.491 e. The van der Waals surface area contributed by atoms with Crippen molar-refractivity contribution in [3.63, 3.8) is 0 Å². The molecular weight excluding hydrogens is 304 g/mol. The SMILES string of the molecule is CCOC1CC(NC(=O)NC2COc3ccc(C)cc32)C12CCC2. The van der Waals surface area contributed by atoms with Crippen LogP contribution in [0.5, 0.6) is 5.75 Å². The first-order chi connectivity index (χ1) is 11.6. The molecule has 2 aliphatic carbocycles. The highest BCUT2D eigenvalue weighted by molar-refractivity contribution is 5.75. The minimum atomic E-state index is -0.0934. The fourth-order valence-corrected chi connectivity index (χ4v) is 4.45. The van der Waals surface area contributed by atoms with Crippen molar-refractivity contribution in [2.75, 3.05) is 13.2 Å². The van der Waals surface area contributed by atoms with Crippen molar-refractivity contribution in [2.24, 2.45) is 5.41 Å². The number of nitrogens with one attached hydrogen (secondary N) is 2. The fourth-order valence-electron chi connectivity index (χ4n) is 4.45. The average molecular weight is 330 g/mol. The van der Waals surface area contributed by atoms with Gasteiger partial charge in [-0.05, 0) is 39.2 Å². The largest absolute Gasteiger partial charge is 0.491 e. The third-order valence-electron chi connectivity index (χ3n) is 5.99. The van der Waals surface area contributed by atoms with Crippen LogP contribution >= 0.6 is 0 Å². The number of urea groups is 1. The maximum absolute atomic E-state index is 12.5. The molecule has 24 heavy (non-hydrogen) atoms. The summed E-state index contributed by atoms with van der Waals surface area (Å²) >= 11 is 0. The number of ether oxygens (including phenoxy) is 2. The summed E-state index contributed by atoms with van der Waals surface area (Å²) < 4.78 is 11.5. The normalized spacial score (nSPS) is 29.2. The summed E-state index contributed by atoms with van der Waals surface area (Å²) in [4.78, 5) is 12.5. The van der Waals surface area contributed by atoms with Crippen molar-refractivity contribution in [1.82, 2.24) is 10.6 Å². The fraction of sp³-hybridized carbons (Fsp3) is 0.632. The van der Waals surface area contributed by atoms with Gasteiger partial charge in [0.05, 0.1) is 12.1 Å². The Morgan fingerprint density at radius 1 is 1.38 bits per heavy atom. The topological polar surface area (TPSA) is 59.6 Å². The number of carbonyl (C=O) groups is 1. The van der Waals surface area contributed by atoms with E-state index in [0.717, 1.165) is 37.2 Å². The zero-order valence-electron chi connectivity index (χ0n) is 14.4. The van der Waals surface area contributed by atoms with Gasteiger partial charge in [0.25, 0.3) is 0 Å². The second-order valence-electron chi connectivity index (χ2n) is 7.34. The molecule has 3 atom stereocenters. The molecule has 2 fully saturated rings. The molecular formula is C19H26N2O3. The number of fused-ring (bicyclic) bond motifs is 1. The average Bonchev–Trinajstić information content (AvgIpc) is 2.86.